The first-order valence-electron chi connectivity index (χ1n) is 12.8. The standard InChI is InChI=1S/C28H36Cl2N2O5S/c1-6-24(18(4)31-38(36,37)17(2)3)32-26(19-10-12-21(29)13-11-19)23(20-8-7-9-22(30)14-20)15-28(5,27(32)35)16-25(33)34/h7-14,17-18,23-24,26,31H,6,15-16H2,1-5H3,(H,33,34)/t18-,23-,24+,26-,28-/m1/s1. The number of rotatable bonds is 10. The molecule has 2 aromatic carbocycles. The summed E-state index contributed by atoms with van der Waals surface area (Å²) in [6, 6.07) is 12.9. The second-order valence-electron chi connectivity index (χ2n) is 10.7. The Hall–Kier alpha value is -2.13. The molecule has 0 aromatic heterocycles. The van der Waals surface area contributed by atoms with Crippen LogP contribution in [0.2, 0.25) is 10.0 Å². The van der Waals surface area contributed by atoms with E-state index in [1.54, 1.807) is 50.8 Å². The number of carboxylic acid groups (broad SMARTS) is 1. The smallest absolute Gasteiger partial charge is 0.304 e. The second-order valence-corrected chi connectivity index (χ2v) is 13.8. The molecule has 0 spiro atoms. The van der Waals surface area contributed by atoms with E-state index in [1.165, 1.54) is 0 Å². The summed E-state index contributed by atoms with van der Waals surface area (Å²) in [6.45, 7) is 8.52. The molecule has 2 aromatic rings. The first-order valence-corrected chi connectivity index (χ1v) is 15.1. The highest BCUT2D eigenvalue weighted by Crippen LogP contribution is 2.52. The minimum Gasteiger partial charge on any atom is -0.481 e. The van der Waals surface area contributed by atoms with E-state index in [2.05, 4.69) is 4.72 Å². The van der Waals surface area contributed by atoms with Gasteiger partial charge in [0.15, 0.2) is 0 Å². The lowest BCUT2D eigenvalue weighted by Gasteiger charge is -2.53. The van der Waals surface area contributed by atoms with Crippen LogP contribution >= 0.6 is 23.2 Å². The van der Waals surface area contributed by atoms with E-state index >= 15 is 0 Å². The maximum atomic E-state index is 14.3. The van der Waals surface area contributed by atoms with Crippen molar-refractivity contribution < 1.29 is 23.1 Å². The Morgan fingerprint density at radius 1 is 1.11 bits per heavy atom. The van der Waals surface area contributed by atoms with Crippen LogP contribution in [0.1, 0.15) is 77.0 Å². The fraction of sp³-hybridized carbons (Fsp3) is 0.500. The van der Waals surface area contributed by atoms with Gasteiger partial charge in [-0.15, -0.1) is 0 Å². The molecule has 38 heavy (non-hydrogen) atoms. The number of hydrogen-bond acceptors (Lipinski definition) is 4. The number of piperidine rings is 1. The third-order valence-corrected chi connectivity index (χ3v) is 9.88. The molecule has 0 radical (unpaired) electrons. The molecule has 2 N–H and O–H groups in total. The van der Waals surface area contributed by atoms with E-state index in [9.17, 15) is 23.1 Å². The van der Waals surface area contributed by atoms with Crippen molar-refractivity contribution in [3.8, 4) is 0 Å². The van der Waals surface area contributed by atoms with Crippen molar-refractivity contribution >= 4 is 45.1 Å². The van der Waals surface area contributed by atoms with Gasteiger partial charge >= 0.3 is 5.97 Å². The van der Waals surface area contributed by atoms with Crippen LogP contribution in [0.4, 0.5) is 0 Å². The van der Waals surface area contributed by atoms with Crippen molar-refractivity contribution in [2.24, 2.45) is 5.41 Å². The lowest BCUT2D eigenvalue weighted by Crippen LogP contribution is -2.60. The molecule has 3 rings (SSSR count). The molecule has 1 saturated heterocycles. The van der Waals surface area contributed by atoms with Gasteiger partial charge in [0.1, 0.15) is 0 Å². The molecule has 0 bridgehead atoms. The summed E-state index contributed by atoms with van der Waals surface area (Å²) in [5.74, 6) is -1.70. The highest BCUT2D eigenvalue weighted by molar-refractivity contribution is 7.90. The van der Waals surface area contributed by atoms with Crippen molar-refractivity contribution in [2.45, 2.75) is 83.2 Å². The average Bonchev–Trinajstić information content (AvgIpc) is 2.82. The zero-order chi connectivity index (χ0) is 28.4. The molecular weight excluding hydrogens is 547 g/mol. The molecule has 0 saturated carbocycles. The quantitative estimate of drug-likeness (QED) is 0.356. The minimum atomic E-state index is -3.63. The predicted octanol–water partition coefficient (Wildman–Crippen LogP) is 6.03. The zero-order valence-electron chi connectivity index (χ0n) is 22.3. The maximum absolute atomic E-state index is 14.3. The van der Waals surface area contributed by atoms with Gasteiger partial charge in [-0.1, -0.05) is 61.3 Å². The number of carboxylic acids is 1. The maximum Gasteiger partial charge on any atom is 0.304 e. The van der Waals surface area contributed by atoms with E-state index < -0.39 is 44.8 Å². The van der Waals surface area contributed by atoms with Crippen LogP contribution in [0.15, 0.2) is 48.5 Å². The number of carbonyl (C=O) groups is 2. The molecule has 208 valence electrons. The van der Waals surface area contributed by atoms with Gasteiger partial charge in [-0.3, -0.25) is 9.59 Å². The summed E-state index contributed by atoms with van der Waals surface area (Å²) >= 11 is 12.6. The van der Waals surface area contributed by atoms with E-state index in [0.29, 0.717) is 16.5 Å². The third-order valence-electron chi connectivity index (χ3n) is 7.46. The minimum absolute atomic E-state index is 0.283. The van der Waals surface area contributed by atoms with Gasteiger partial charge in [0.05, 0.1) is 23.1 Å². The van der Waals surface area contributed by atoms with E-state index in [0.717, 1.165) is 11.1 Å². The number of sulfonamides is 1. The van der Waals surface area contributed by atoms with Gasteiger partial charge in [-0.2, -0.15) is 0 Å². The van der Waals surface area contributed by atoms with Crippen LogP contribution in [0, 0.1) is 5.41 Å². The summed E-state index contributed by atoms with van der Waals surface area (Å²) in [7, 11) is -3.63. The number of carbonyl (C=O) groups excluding carboxylic acids is 1. The van der Waals surface area contributed by atoms with Crippen molar-refractivity contribution in [1.82, 2.24) is 9.62 Å². The second kappa shape index (κ2) is 11.9. The molecule has 0 unspecified atom stereocenters. The Bertz CT molecular complexity index is 1270. The Morgan fingerprint density at radius 3 is 2.26 bits per heavy atom. The molecule has 1 aliphatic rings. The third kappa shape index (κ3) is 6.53. The van der Waals surface area contributed by atoms with Gasteiger partial charge < -0.3 is 10.0 Å². The molecule has 1 aliphatic heterocycles. The molecule has 5 atom stereocenters. The van der Waals surface area contributed by atoms with Crippen molar-refractivity contribution in [3.63, 3.8) is 0 Å². The Morgan fingerprint density at radius 2 is 1.74 bits per heavy atom. The molecule has 0 aliphatic carbocycles. The lowest BCUT2D eigenvalue weighted by atomic mass is 9.66. The molecule has 7 nitrogen and oxygen atoms in total. The number of amides is 1. The number of nitrogens with zero attached hydrogens (tertiary/aromatic N) is 1. The Labute approximate surface area is 235 Å². The fourth-order valence-corrected chi connectivity index (χ4v) is 6.78. The topological polar surface area (TPSA) is 104 Å². The Balaban J connectivity index is 2.25. The van der Waals surface area contributed by atoms with Crippen LogP contribution in [0.3, 0.4) is 0 Å². The van der Waals surface area contributed by atoms with Gasteiger partial charge in [0.2, 0.25) is 15.9 Å². The summed E-state index contributed by atoms with van der Waals surface area (Å²) in [4.78, 5) is 28.0. The van der Waals surface area contributed by atoms with Gasteiger partial charge in [0.25, 0.3) is 0 Å². The summed E-state index contributed by atoms with van der Waals surface area (Å²) < 4.78 is 28.3. The number of aliphatic carboxylic acids is 1. The number of halogens is 2. The number of nitrogens with one attached hydrogen (secondary N) is 1. The van der Waals surface area contributed by atoms with Crippen LogP contribution < -0.4 is 4.72 Å². The SMILES string of the molecule is CC[C@@H]([C@@H](C)NS(=O)(=O)C(C)C)N1C(=O)[C@@](C)(CC(=O)O)C[C@H](c2cccc(Cl)c2)[C@H]1c1ccc(Cl)cc1. The van der Waals surface area contributed by atoms with E-state index in [4.69, 9.17) is 23.2 Å². The largest absolute Gasteiger partial charge is 0.481 e. The summed E-state index contributed by atoms with van der Waals surface area (Å²) in [6.07, 6.45) is 0.378. The number of hydrogen-bond donors (Lipinski definition) is 2. The molecule has 1 heterocycles. The van der Waals surface area contributed by atoms with Crippen molar-refractivity contribution in [2.75, 3.05) is 0 Å². The van der Waals surface area contributed by atoms with Crippen molar-refractivity contribution in [1.29, 1.82) is 0 Å². The van der Waals surface area contributed by atoms with E-state index in [-0.39, 0.29) is 24.7 Å². The summed E-state index contributed by atoms with van der Waals surface area (Å²) in [5.41, 5.74) is 0.477. The molecule has 1 amide bonds. The highest BCUT2D eigenvalue weighted by Gasteiger charge is 2.53. The average molecular weight is 584 g/mol. The van der Waals surface area contributed by atoms with Crippen LogP contribution in [-0.4, -0.2) is 47.6 Å². The first kappa shape index (κ1) is 30.4. The van der Waals surface area contributed by atoms with Crippen LogP contribution in [0.25, 0.3) is 0 Å². The first-order chi connectivity index (χ1) is 17.7. The van der Waals surface area contributed by atoms with Crippen LogP contribution in [0.5, 0.6) is 0 Å². The van der Waals surface area contributed by atoms with Gasteiger partial charge in [-0.05, 0) is 69.0 Å². The van der Waals surface area contributed by atoms with Gasteiger partial charge in [0, 0.05) is 28.0 Å². The predicted molar refractivity (Wildman–Crippen MR) is 151 cm³/mol. The molecule has 1 fully saturated rings. The van der Waals surface area contributed by atoms with E-state index in [1.807, 2.05) is 37.3 Å². The van der Waals surface area contributed by atoms with Gasteiger partial charge in [-0.25, -0.2) is 13.1 Å². The lowest BCUT2D eigenvalue weighted by molar-refractivity contribution is -0.161. The number of benzene rings is 2. The van der Waals surface area contributed by atoms with Crippen LogP contribution in [-0.2, 0) is 19.6 Å². The number of likely N-dealkylation sites (tertiary alicyclic amines) is 1. The Kier molecular flexibility index (Phi) is 9.56. The van der Waals surface area contributed by atoms with Crippen molar-refractivity contribution in [3.05, 3.63) is 69.7 Å². The zero-order valence-corrected chi connectivity index (χ0v) is 24.6. The molecular formula is C28H36Cl2N2O5S. The fourth-order valence-electron chi connectivity index (χ4n) is 5.51. The summed E-state index contributed by atoms with van der Waals surface area (Å²) in [5, 5.41) is 10.2. The molecule has 10 heteroatoms. The normalized spacial score (nSPS) is 23.9. The monoisotopic (exact) mass is 582 g/mol. The highest BCUT2D eigenvalue weighted by atomic mass is 35.5.